The molecule has 1 fully saturated rings. The average molecular weight is 536 g/mol. The van der Waals surface area contributed by atoms with Crippen LogP contribution in [-0.4, -0.2) is 59.7 Å². The highest BCUT2D eigenvalue weighted by Crippen LogP contribution is 2.30. The summed E-state index contributed by atoms with van der Waals surface area (Å²) in [7, 11) is -5.99. The molecule has 1 N–H and O–H groups in total. The van der Waals surface area contributed by atoms with E-state index in [0.29, 0.717) is 36.9 Å². The summed E-state index contributed by atoms with van der Waals surface area (Å²) in [6.07, 6.45) is 4.33. The smallest absolute Gasteiger partial charge is 0.257 e. The van der Waals surface area contributed by atoms with E-state index in [1.807, 2.05) is 0 Å². The number of carbonyl (C=O) groups excluding carboxylic acids is 2. The molecule has 2 aromatic carbocycles. The van der Waals surface area contributed by atoms with Crippen LogP contribution in [0.5, 0.6) is 0 Å². The van der Waals surface area contributed by atoms with Crippen molar-refractivity contribution in [3.63, 3.8) is 0 Å². The number of sulfonamides is 2. The van der Waals surface area contributed by atoms with Crippen LogP contribution >= 0.6 is 0 Å². The maximum atomic E-state index is 13.1. The molecule has 0 bridgehead atoms. The van der Waals surface area contributed by atoms with Gasteiger partial charge in [-0.2, -0.15) is 4.31 Å². The zero-order chi connectivity index (χ0) is 26.7. The summed E-state index contributed by atoms with van der Waals surface area (Å²) in [5, 5.41) is 2.65. The van der Waals surface area contributed by atoms with E-state index in [4.69, 9.17) is 0 Å². The van der Waals surface area contributed by atoms with Gasteiger partial charge in [0.05, 0.1) is 22.4 Å². The summed E-state index contributed by atoms with van der Waals surface area (Å²) in [6, 6.07) is 9.97. The van der Waals surface area contributed by atoms with E-state index >= 15 is 0 Å². The molecule has 1 saturated heterocycles. The number of rotatable bonds is 9. The number of benzene rings is 2. The van der Waals surface area contributed by atoms with Crippen LogP contribution in [-0.2, 0) is 20.0 Å². The van der Waals surface area contributed by atoms with Gasteiger partial charge in [0.1, 0.15) is 6.29 Å². The van der Waals surface area contributed by atoms with Crippen LogP contribution < -0.4 is 9.62 Å². The lowest BCUT2D eigenvalue weighted by atomic mass is 9.85. The SMILES string of the molecule is CCC(C)C1CCN(S(=O)(=O)c2ccc(NC(=O)c3cc(C=O)ccc3N(C)S(C)(=O)=O)cc2)CC1. The molecular weight excluding hydrogens is 502 g/mol. The predicted molar refractivity (Wildman–Crippen MR) is 140 cm³/mol. The Morgan fingerprint density at radius 2 is 1.72 bits per heavy atom. The van der Waals surface area contributed by atoms with E-state index in [-0.39, 0.29) is 21.7 Å². The number of anilines is 2. The van der Waals surface area contributed by atoms with Gasteiger partial charge < -0.3 is 5.32 Å². The van der Waals surface area contributed by atoms with Gasteiger partial charge in [-0.25, -0.2) is 16.8 Å². The van der Waals surface area contributed by atoms with E-state index in [1.165, 1.54) is 53.8 Å². The van der Waals surface area contributed by atoms with Gasteiger partial charge in [-0.05, 0) is 67.1 Å². The normalized spacial score (nSPS) is 16.3. The Hall–Kier alpha value is -2.76. The quantitative estimate of drug-likeness (QED) is 0.490. The van der Waals surface area contributed by atoms with Crippen molar-refractivity contribution in [2.45, 2.75) is 38.0 Å². The first-order valence-corrected chi connectivity index (χ1v) is 15.1. The first-order chi connectivity index (χ1) is 16.9. The molecule has 1 aliphatic heterocycles. The molecule has 1 aliphatic rings. The van der Waals surface area contributed by atoms with E-state index in [2.05, 4.69) is 19.2 Å². The largest absolute Gasteiger partial charge is 0.322 e. The molecule has 36 heavy (non-hydrogen) atoms. The van der Waals surface area contributed by atoms with Crippen molar-refractivity contribution in [2.75, 3.05) is 36.0 Å². The second-order valence-electron chi connectivity index (χ2n) is 9.23. The van der Waals surface area contributed by atoms with E-state index in [9.17, 15) is 26.4 Å². The number of nitrogens with one attached hydrogen (secondary N) is 1. The maximum Gasteiger partial charge on any atom is 0.257 e. The van der Waals surface area contributed by atoms with Gasteiger partial charge in [0, 0.05) is 31.4 Å². The van der Waals surface area contributed by atoms with Crippen LogP contribution in [0.25, 0.3) is 0 Å². The second-order valence-corrected chi connectivity index (χ2v) is 13.2. The van der Waals surface area contributed by atoms with E-state index in [0.717, 1.165) is 29.8 Å². The summed E-state index contributed by atoms with van der Waals surface area (Å²) < 4.78 is 52.7. The molecule has 3 rings (SSSR count). The van der Waals surface area contributed by atoms with Crippen molar-refractivity contribution in [3.8, 4) is 0 Å². The van der Waals surface area contributed by atoms with Gasteiger partial charge in [0.15, 0.2) is 0 Å². The first-order valence-electron chi connectivity index (χ1n) is 11.8. The minimum Gasteiger partial charge on any atom is -0.322 e. The monoisotopic (exact) mass is 535 g/mol. The first kappa shape index (κ1) is 27.8. The minimum atomic E-state index is -3.65. The topological polar surface area (TPSA) is 121 Å². The molecule has 196 valence electrons. The van der Waals surface area contributed by atoms with Gasteiger partial charge in [-0.1, -0.05) is 20.3 Å². The zero-order valence-corrected chi connectivity index (χ0v) is 22.6. The number of piperidine rings is 1. The van der Waals surface area contributed by atoms with Crippen LogP contribution in [0.3, 0.4) is 0 Å². The molecule has 0 radical (unpaired) electrons. The van der Waals surface area contributed by atoms with Gasteiger partial charge >= 0.3 is 0 Å². The highest BCUT2D eigenvalue weighted by atomic mass is 32.2. The fraction of sp³-hybridized carbons (Fsp3) is 0.440. The molecule has 1 heterocycles. The molecule has 1 unspecified atom stereocenters. The average Bonchev–Trinajstić information content (AvgIpc) is 2.87. The molecule has 1 atom stereocenters. The maximum absolute atomic E-state index is 13.1. The van der Waals surface area contributed by atoms with Gasteiger partial charge in [0.25, 0.3) is 5.91 Å². The number of hydrogen-bond donors (Lipinski definition) is 1. The second kappa shape index (κ2) is 11.1. The molecule has 0 spiro atoms. The molecular formula is C25H33N3O6S2. The van der Waals surface area contributed by atoms with Crippen molar-refractivity contribution in [1.29, 1.82) is 0 Å². The highest BCUT2D eigenvalue weighted by molar-refractivity contribution is 7.92. The van der Waals surface area contributed by atoms with Gasteiger partial charge in [-0.15, -0.1) is 0 Å². The number of carbonyl (C=O) groups is 2. The summed E-state index contributed by atoms with van der Waals surface area (Å²) in [5.41, 5.74) is 0.650. The lowest BCUT2D eigenvalue weighted by molar-refractivity contribution is 0.102. The number of hydrogen-bond acceptors (Lipinski definition) is 6. The Labute approximate surface area is 213 Å². The van der Waals surface area contributed by atoms with Crippen LogP contribution in [0.2, 0.25) is 0 Å². The molecule has 0 aliphatic carbocycles. The Kier molecular flexibility index (Phi) is 8.58. The standard InChI is InChI=1S/C25H33N3O6S2/c1-5-18(2)20-12-14-28(15-13-20)36(33,34)22-9-7-21(8-10-22)26-25(30)23-16-19(17-29)6-11-24(23)27(3)35(4,31)32/h6-11,16-18,20H,5,12-15H2,1-4H3,(H,26,30). The predicted octanol–water partition coefficient (Wildman–Crippen LogP) is 3.59. The van der Waals surface area contributed by atoms with E-state index < -0.39 is 26.0 Å². The molecule has 9 nitrogen and oxygen atoms in total. The van der Waals surface area contributed by atoms with Crippen molar-refractivity contribution in [3.05, 3.63) is 53.6 Å². The van der Waals surface area contributed by atoms with Crippen molar-refractivity contribution in [2.24, 2.45) is 11.8 Å². The third-order valence-corrected chi connectivity index (χ3v) is 10.0. The van der Waals surface area contributed by atoms with Crippen LogP contribution in [0, 0.1) is 11.8 Å². The Balaban J connectivity index is 1.77. The molecule has 1 amide bonds. The lowest BCUT2D eigenvalue weighted by Crippen LogP contribution is -2.39. The highest BCUT2D eigenvalue weighted by Gasteiger charge is 2.31. The van der Waals surface area contributed by atoms with Gasteiger partial charge in [-0.3, -0.25) is 13.9 Å². The van der Waals surface area contributed by atoms with Crippen molar-refractivity contribution >= 4 is 43.6 Å². The lowest BCUT2D eigenvalue weighted by Gasteiger charge is -2.34. The fourth-order valence-electron chi connectivity index (χ4n) is 4.34. The Morgan fingerprint density at radius 1 is 1.11 bits per heavy atom. The summed E-state index contributed by atoms with van der Waals surface area (Å²) in [5.74, 6) is 0.470. The Bertz CT molecular complexity index is 1320. The molecule has 0 aromatic heterocycles. The minimum absolute atomic E-state index is 0.00611. The number of amides is 1. The molecule has 11 heteroatoms. The third-order valence-electron chi connectivity index (χ3n) is 6.94. The molecule has 2 aromatic rings. The fourth-order valence-corrected chi connectivity index (χ4v) is 6.32. The third kappa shape index (κ3) is 6.13. The molecule has 0 saturated carbocycles. The summed E-state index contributed by atoms with van der Waals surface area (Å²) in [6.45, 7) is 5.33. The van der Waals surface area contributed by atoms with Crippen LogP contribution in [0.15, 0.2) is 47.4 Å². The number of nitrogens with zero attached hydrogens (tertiary/aromatic N) is 2. The zero-order valence-electron chi connectivity index (χ0n) is 21.0. The van der Waals surface area contributed by atoms with Crippen molar-refractivity contribution < 1.29 is 26.4 Å². The van der Waals surface area contributed by atoms with Crippen LogP contribution in [0.4, 0.5) is 11.4 Å². The number of aldehydes is 1. The van der Waals surface area contributed by atoms with Gasteiger partial charge in [0.2, 0.25) is 20.0 Å². The van der Waals surface area contributed by atoms with Crippen molar-refractivity contribution in [1.82, 2.24) is 4.31 Å². The van der Waals surface area contributed by atoms with Crippen LogP contribution in [0.1, 0.15) is 53.8 Å². The summed E-state index contributed by atoms with van der Waals surface area (Å²) >= 11 is 0. The Morgan fingerprint density at radius 3 is 2.25 bits per heavy atom. The van der Waals surface area contributed by atoms with E-state index in [1.54, 1.807) is 0 Å². The summed E-state index contributed by atoms with van der Waals surface area (Å²) in [4.78, 5) is 24.4.